The number of carbonyl (C=O) groups excluding carboxylic acids is 3. The molecule has 2 saturated heterocycles. The lowest BCUT2D eigenvalue weighted by molar-refractivity contribution is -0.135. The van der Waals surface area contributed by atoms with Crippen LogP contribution in [0.15, 0.2) is 35.2 Å². The molecular weight excluding hydrogens is 566 g/mol. The first kappa shape index (κ1) is 27.1. The maximum atomic E-state index is 12.9. The summed E-state index contributed by atoms with van der Waals surface area (Å²) in [6.07, 6.45) is 5.56. The van der Waals surface area contributed by atoms with E-state index in [1.807, 2.05) is 0 Å². The summed E-state index contributed by atoms with van der Waals surface area (Å²) < 4.78 is 5.78. The number of likely N-dealkylation sites (tertiary alicyclic amines) is 1. The Bertz CT molecular complexity index is 1210. The molecule has 0 atom stereocenters. The third-order valence-corrected chi connectivity index (χ3v) is 8.02. The standard InChI is InChI=1S/C25H22Cl4N2O4S/c26-17-6-5-15(9-18(17)27)14-35-23-19(28)10-16(11-20(23)29)12-21-24(33)31(25(34)36-21)13-22(32)30-7-3-1-2-4-8-30/h5-6,9-12H,1-4,7-8,13-14H2. The van der Waals surface area contributed by atoms with Gasteiger partial charge in [-0.3, -0.25) is 19.3 Å². The number of ether oxygens (including phenoxy) is 1. The largest absolute Gasteiger partial charge is 0.486 e. The Balaban J connectivity index is 1.44. The molecule has 0 radical (unpaired) electrons. The maximum Gasteiger partial charge on any atom is 0.294 e. The molecule has 2 heterocycles. The molecular formula is C25H22Cl4N2O4S. The monoisotopic (exact) mass is 586 g/mol. The zero-order valence-electron chi connectivity index (χ0n) is 19.1. The van der Waals surface area contributed by atoms with Crippen LogP contribution in [0, 0.1) is 0 Å². The minimum absolute atomic E-state index is 0.166. The van der Waals surface area contributed by atoms with E-state index in [0.717, 1.165) is 47.9 Å². The first-order chi connectivity index (χ1) is 17.2. The highest BCUT2D eigenvalue weighted by molar-refractivity contribution is 8.18. The normalized spacial score (nSPS) is 17.6. The van der Waals surface area contributed by atoms with Crippen molar-refractivity contribution in [3.8, 4) is 5.75 Å². The third-order valence-electron chi connectivity index (χ3n) is 5.81. The number of hydrogen-bond donors (Lipinski definition) is 0. The van der Waals surface area contributed by atoms with E-state index < -0.39 is 11.1 Å². The van der Waals surface area contributed by atoms with E-state index in [0.29, 0.717) is 28.7 Å². The highest BCUT2D eigenvalue weighted by atomic mass is 35.5. The van der Waals surface area contributed by atoms with E-state index in [4.69, 9.17) is 51.1 Å². The third kappa shape index (κ3) is 6.50. The summed E-state index contributed by atoms with van der Waals surface area (Å²) >= 11 is 25.6. The van der Waals surface area contributed by atoms with Crippen molar-refractivity contribution >= 4 is 81.3 Å². The lowest BCUT2D eigenvalue weighted by atomic mass is 10.2. The van der Waals surface area contributed by atoms with Crippen LogP contribution < -0.4 is 4.74 Å². The maximum absolute atomic E-state index is 12.9. The molecule has 36 heavy (non-hydrogen) atoms. The van der Waals surface area contributed by atoms with Crippen molar-refractivity contribution < 1.29 is 19.1 Å². The van der Waals surface area contributed by atoms with Gasteiger partial charge in [0.1, 0.15) is 13.2 Å². The first-order valence-corrected chi connectivity index (χ1v) is 13.6. The zero-order valence-corrected chi connectivity index (χ0v) is 22.9. The van der Waals surface area contributed by atoms with Gasteiger partial charge in [-0.1, -0.05) is 65.3 Å². The van der Waals surface area contributed by atoms with Crippen molar-refractivity contribution in [1.29, 1.82) is 0 Å². The Hall–Kier alpha value is -1.90. The second-order valence-electron chi connectivity index (χ2n) is 8.41. The molecule has 0 N–H and O–H groups in total. The van der Waals surface area contributed by atoms with Gasteiger partial charge >= 0.3 is 0 Å². The number of halogens is 4. The Morgan fingerprint density at radius 3 is 2.22 bits per heavy atom. The number of benzene rings is 2. The van der Waals surface area contributed by atoms with E-state index in [2.05, 4.69) is 0 Å². The summed E-state index contributed by atoms with van der Waals surface area (Å²) in [4.78, 5) is 41.0. The van der Waals surface area contributed by atoms with Gasteiger partial charge in [-0.2, -0.15) is 0 Å². The van der Waals surface area contributed by atoms with E-state index in [9.17, 15) is 14.4 Å². The number of thioether (sulfide) groups is 1. The van der Waals surface area contributed by atoms with Gasteiger partial charge in [0.05, 0.1) is 25.0 Å². The molecule has 2 aliphatic rings. The molecule has 4 rings (SSSR count). The number of rotatable bonds is 6. The Morgan fingerprint density at radius 2 is 1.58 bits per heavy atom. The highest BCUT2D eigenvalue weighted by Crippen LogP contribution is 2.38. The second kappa shape index (κ2) is 12.1. The van der Waals surface area contributed by atoms with Crippen molar-refractivity contribution in [1.82, 2.24) is 9.80 Å². The topological polar surface area (TPSA) is 66.9 Å². The molecule has 0 unspecified atom stereocenters. The lowest BCUT2D eigenvalue weighted by Gasteiger charge is -2.22. The molecule has 0 bridgehead atoms. The molecule has 0 saturated carbocycles. The molecule has 3 amide bonds. The summed E-state index contributed by atoms with van der Waals surface area (Å²) in [6, 6.07) is 8.32. The molecule has 2 aromatic carbocycles. The predicted molar refractivity (Wildman–Crippen MR) is 145 cm³/mol. The van der Waals surface area contributed by atoms with Crippen LogP contribution in [0.3, 0.4) is 0 Å². The summed E-state index contributed by atoms with van der Waals surface area (Å²) in [5.74, 6) is -0.451. The summed E-state index contributed by atoms with van der Waals surface area (Å²) in [7, 11) is 0. The number of imide groups is 1. The first-order valence-electron chi connectivity index (χ1n) is 11.3. The van der Waals surface area contributed by atoms with E-state index in [-0.39, 0.29) is 39.8 Å². The van der Waals surface area contributed by atoms with Crippen LogP contribution in [0.2, 0.25) is 20.1 Å². The minimum Gasteiger partial charge on any atom is -0.486 e. The summed E-state index contributed by atoms with van der Waals surface area (Å²) in [5.41, 5.74) is 1.31. The number of hydrogen-bond acceptors (Lipinski definition) is 5. The number of amides is 3. The molecule has 2 fully saturated rings. The molecule has 2 aliphatic heterocycles. The number of carbonyl (C=O) groups is 3. The molecule has 0 aliphatic carbocycles. The fourth-order valence-electron chi connectivity index (χ4n) is 3.93. The molecule has 0 spiro atoms. The Labute approximate surface area is 233 Å². The molecule has 0 aromatic heterocycles. The van der Waals surface area contributed by atoms with Gasteiger partial charge < -0.3 is 9.64 Å². The molecule has 11 heteroatoms. The van der Waals surface area contributed by atoms with Crippen molar-refractivity contribution in [2.75, 3.05) is 19.6 Å². The molecule has 6 nitrogen and oxygen atoms in total. The van der Waals surface area contributed by atoms with Gasteiger partial charge in [0.25, 0.3) is 11.1 Å². The van der Waals surface area contributed by atoms with Crippen molar-refractivity contribution in [2.24, 2.45) is 0 Å². The van der Waals surface area contributed by atoms with Gasteiger partial charge in [0, 0.05) is 13.1 Å². The predicted octanol–water partition coefficient (Wildman–Crippen LogP) is 7.32. The van der Waals surface area contributed by atoms with E-state index in [1.165, 1.54) is 6.08 Å². The SMILES string of the molecule is O=C(CN1C(=O)SC(=Cc2cc(Cl)c(OCc3ccc(Cl)c(Cl)c3)c(Cl)c2)C1=O)N1CCCCCC1. The van der Waals surface area contributed by atoms with Crippen LogP contribution in [0.1, 0.15) is 36.8 Å². The highest BCUT2D eigenvalue weighted by Gasteiger charge is 2.37. The van der Waals surface area contributed by atoms with Crippen molar-refractivity contribution in [3.05, 3.63) is 66.5 Å². The summed E-state index contributed by atoms with van der Waals surface area (Å²) in [6.45, 7) is 1.22. The van der Waals surface area contributed by atoms with Crippen LogP contribution in [0.5, 0.6) is 5.75 Å². The average molecular weight is 588 g/mol. The Morgan fingerprint density at radius 1 is 0.917 bits per heavy atom. The fourth-order valence-corrected chi connectivity index (χ4v) is 5.70. The smallest absolute Gasteiger partial charge is 0.294 e. The van der Waals surface area contributed by atoms with E-state index in [1.54, 1.807) is 35.2 Å². The summed E-state index contributed by atoms with van der Waals surface area (Å²) in [5, 5.41) is 0.853. The lowest BCUT2D eigenvalue weighted by Crippen LogP contribution is -2.42. The van der Waals surface area contributed by atoms with Gasteiger partial charge in [-0.05, 0) is 66.1 Å². The van der Waals surface area contributed by atoms with Gasteiger partial charge in [0.15, 0.2) is 5.75 Å². The van der Waals surface area contributed by atoms with Gasteiger partial charge in [-0.25, -0.2) is 0 Å². The molecule has 2 aromatic rings. The van der Waals surface area contributed by atoms with Crippen LogP contribution >= 0.6 is 58.2 Å². The number of nitrogens with zero attached hydrogens (tertiary/aromatic N) is 2. The van der Waals surface area contributed by atoms with Crippen LogP contribution in [-0.2, 0) is 16.2 Å². The van der Waals surface area contributed by atoms with Crippen LogP contribution in [0.4, 0.5) is 4.79 Å². The van der Waals surface area contributed by atoms with E-state index >= 15 is 0 Å². The Kier molecular flexibility index (Phi) is 9.12. The van der Waals surface area contributed by atoms with Crippen molar-refractivity contribution in [2.45, 2.75) is 32.3 Å². The molecule has 190 valence electrons. The zero-order chi connectivity index (χ0) is 25.8. The quantitative estimate of drug-likeness (QED) is 0.331. The fraction of sp³-hybridized carbons (Fsp3) is 0.320. The minimum atomic E-state index is -0.514. The van der Waals surface area contributed by atoms with Crippen LogP contribution in [-0.4, -0.2) is 46.5 Å². The van der Waals surface area contributed by atoms with Crippen LogP contribution in [0.25, 0.3) is 6.08 Å². The van der Waals surface area contributed by atoms with Gasteiger partial charge in [-0.15, -0.1) is 0 Å². The second-order valence-corrected chi connectivity index (χ2v) is 11.0. The van der Waals surface area contributed by atoms with Crippen molar-refractivity contribution in [3.63, 3.8) is 0 Å². The average Bonchev–Trinajstić information content (AvgIpc) is 3.02. The van der Waals surface area contributed by atoms with Gasteiger partial charge in [0.2, 0.25) is 5.91 Å².